The Balaban J connectivity index is 2.11. The smallest absolute Gasteiger partial charge is 0.185 e. The van der Waals surface area contributed by atoms with Crippen molar-refractivity contribution in [3.8, 4) is 0 Å². The summed E-state index contributed by atoms with van der Waals surface area (Å²) in [6.07, 6.45) is 1.44. The Kier molecular flexibility index (Phi) is 3.88. The monoisotopic (exact) mass is 239 g/mol. The maximum Gasteiger partial charge on any atom is 0.185 e. The Morgan fingerprint density at radius 1 is 1.06 bits per heavy atom. The predicted molar refractivity (Wildman–Crippen MR) is 72.8 cm³/mol. The molecule has 2 heteroatoms. The molecule has 0 atom stereocenters. The Hall–Kier alpha value is -1.96. The zero-order chi connectivity index (χ0) is 13.0. The van der Waals surface area contributed by atoms with E-state index in [-0.39, 0.29) is 5.78 Å². The summed E-state index contributed by atoms with van der Waals surface area (Å²) in [6, 6.07) is 13.7. The lowest BCUT2D eigenvalue weighted by atomic mass is 10.0. The maximum absolute atomic E-state index is 12.1. The highest BCUT2D eigenvalue weighted by molar-refractivity contribution is 5.95. The second-order valence-electron chi connectivity index (χ2n) is 4.43. The number of carbonyl (C=O) groups is 1. The molecule has 0 radical (unpaired) electrons. The molecule has 2 nitrogen and oxygen atoms in total. The van der Waals surface area contributed by atoms with Gasteiger partial charge in [0.2, 0.25) is 0 Å². The molecule has 1 heterocycles. The molecule has 0 aliphatic heterocycles. The number of hydrogen-bond acceptors (Lipinski definition) is 2. The van der Waals surface area contributed by atoms with Crippen LogP contribution in [0.2, 0.25) is 0 Å². The van der Waals surface area contributed by atoms with Crippen LogP contribution >= 0.6 is 0 Å². The average Bonchev–Trinajstić information content (AvgIpc) is 2.39. The van der Waals surface area contributed by atoms with E-state index in [4.69, 9.17) is 0 Å². The van der Waals surface area contributed by atoms with Gasteiger partial charge in [-0.2, -0.15) is 0 Å². The number of carbonyl (C=O) groups excluding carboxylic acids is 1. The van der Waals surface area contributed by atoms with Gasteiger partial charge in [-0.15, -0.1) is 0 Å². The summed E-state index contributed by atoms with van der Waals surface area (Å²) in [6.45, 7) is 4.02. The van der Waals surface area contributed by atoms with E-state index < -0.39 is 0 Å². The van der Waals surface area contributed by atoms with E-state index in [9.17, 15) is 4.79 Å². The van der Waals surface area contributed by atoms with Gasteiger partial charge >= 0.3 is 0 Å². The highest BCUT2D eigenvalue weighted by Crippen LogP contribution is 2.09. The molecule has 0 unspecified atom stereocenters. The number of Topliss-reactive ketones (excluding diaryl/α,β-unsaturated/α-hetero) is 1. The molecule has 1 aromatic carbocycles. The molecule has 0 amide bonds. The minimum absolute atomic E-state index is 0.0722. The minimum Gasteiger partial charge on any atom is -0.292 e. The SMILES string of the molecule is CCc1ccc(CC(=O)c2cccc(C)n2)cc1. The summed E-state index contributed by atoms with van der Waals surface area (Å²) in [5.74, 6) is 0.0722. The van der Waals surface area contributed by atoms with Gasteiger partial charge in [0.25, 0.3) is 0 Å². The summed E-state index contributed by atoms with van der Waals surface area (Å²) in [4.78, 5) is 16.3. The van der Waals surface area contributed by atoms with Gasteiger partial charge in [-0.1, -0.05) is 37.3 Å². The lowest BCUT2D eigenvalue weighted by Gasteiger charge is -2.03. The quantitative estimate of drug-likeness (QED) is 0.766. The average molecular weight is 239 g/mol. The fraction of sp³-hybridized carbons (Fsp3) is 0.250. The fourth-order valence-corrected chi connectivity index (χ4v) is 1.87. The first-order chi connectivity index (χ1) is 8.69. The van der Waals surface area contributed by atoms with E-state index >= 15 is 0 Å². The van der Waals surface area contributed by atoms with Crippen LogP contribution in [-0.2, 0) is 12.8 Å². The van der Waals surface area contributed by atoms with Crippen molar-refractivity contribution >= 4 is 5.78 Å². The van der Waals surface area contributed by atoms with Crippen molar-refractivity contribution in [1.29, 1.82) is 0 Å². The predicted octanol–water partition coefficient (Wildman–Crippen LogP) is 3.38. The van der Waals surface area contributed by atoms with E-state index in [0.717, 1.165) is 17.7 Å². The minimum atomic E-state index is 0.0722. The first kappa shape index (κ1) is 12.5. The van der Waals surface area contributed by atoms with Gasteiger partial charge in [-0.3, -0.25) is 9.78 Å². The van der Waals surface area contributed by atoms with Gasteiger partial charge in [0.15, 0.2) is 5.78 Å². The standard InChI is InChI=1S/C16H17NO/c1-3-13-7-9-14(10-8-13)11-16(18)15-6-4-5-12(2)17-15/h4-10H,3,11H2,1-2H3. The summed E-state index contributed by atoms with van der Waals surface area (Å²) in [7, 11) is 0. The molecule has 2 aromatic rings. The molecule has 1 aromatic heterocycles. The van der Waals surface area contributed by atoms with Crippen molar-refractivity contribution in [1.82, 2.24) is 4.98 Å². The van der Waals surface area contributed by atoms with E-state index in [1.165, 1.54) is 5.56 Å². The second-order valence-corrected chi connectivity index (χ2v) is 4.43. The fourth-order valence-electron chi connectivity index (χ4n) is 1.87. The van der Waals surface area contributed by atoms with Crippen LogP contribution in [-0.4, -0.2) is 10.8 Å². The number of nitrogens with zero attached hydrogens (tertiary/aromatic N) is 1. The summed E-state index contributed by atoms with van der Waals surface area (Å²) in [5, 5.41) is 0. The van der Waals surface area contributed by atoms with Gasteiger partial charge in [0, 0.05) is 12.1 Å². The number of ketones is 1. The van der Waals surface area contributed by atoms with Crippen molar-refractivity contribution < 1.29 is 4.79 Å². The summed E-state index contributed by atoms with van der Waals surface area (Å²) in [5.41, 5.74) is 3.76. The van der Waals surface area contributed by atoms with E-state index in [1.54, 1.807) is 6.07 Å². The molecule has 0 bridgehead atoms. The lowest BCUT2D eigenvalue weighted by molar-refractivity contribution is 0.0988. The highest BCUT2D eigenvalue weighted by atomic mass is 16.1. The summed E-state index contributed by atoms with van der Waals surface area (Å²) < 4.78 is 0. The van der Waals surface area contributed by atoms with Crippen molar-refractivity contribution in [3.05, 3.63) is 65.0 Å². The van der Waals surface area contributed by atoms with Crippen LogP contribution in [0.5, 0.6) is 0 Å². The maximum atomic E-state index is 12.1. The van der Waals surface area contributed by atoms with Crippen LogP contribution in [0.4, 0.5) is 0 Å². The van der Waals surface area contributed by atoms with E-state index in [0.29, 0.717) is 12.1 Å². The molecule has 18 heavy (non-hydrogen) atoms. The molecule has 0 spiro atoms. The van der Waals surface area contributed by atoms with Crippen molar-refractivity contribution in [3.63, 3.8) is 0 Å². The zero-order valence-corrected chi connectivity index (χ0v) is 10.8. The first-order valence-electron chi connectivity index (χ1n) is 6.23. The van der Waals surface area contributed by atoms with Crippen LogP contribution in [0, 0.1) is 6.92 Å². The van der Waals surface area contributed by atoms with Crippen LogP contribution < -0.4 is 0 Å². The molecule has 0 saturated heterocycles. The molecule has 0 saturated carbocycles. The van der Waals surface area contributed by atoms with E-state index in [2.05, 4.69) is 24.0 Å². The topological polar surface area (TPSA) is 30.0 Å². The molecule has 0 aliphatic rings. The molecule has 0 aliphatic carbocycles. The summed E-state index contributed by atoms with van der Waals surface area (Å²) >= 11 is 0. The third-order valence-corrected chi connectivity index (χ3v) is 2.97. The second kappa shape index (κ2) is 5.58. The van der Waals surface area contributed by atoms with Crippen LogP contribution in [0.1, 0.15) is 34.2 Å². The van der Waals surface area contributed by atoms with Gasteiger partial charge in [0.1, 0.15) is 5.69 Å². The number of aryl methyl sites for hydroxylation is 2. The normalized spacial score (nSPS) is 10.3. The van der Waals surface area contributed by atoms with Gasteiger partial charge < -0.3 is 0 Å². The van der Waals surface area contributed by atoms with E-state index in [1.807, 2.05) is 31.2 Å². The molecule has 92 valence electrons. The number of pyridine rings is 1. The van der Waals surface area contributed by atoms with Crippen molar-refractivity contribution in [2.45, 2.75) is 26.7 Å². The van der Waals surface area contributed by atoms with Gasteiger partial charge in [-0.25, -0.2) is 0 Å². The van der Waals surface area contributed by atoms with Crippen LogP contribution in [0.25, 0.3) is 0 Å². The molecule has 2 rings (SSSR count). The largest absolute Gasteiger partial charge is 0.292 e. The molecular formula is C16H17NO. The Bertz CT molecular complexity index is 543. The Morgan fingerprint density at radius 3 is 2.33 bits per heavy atom. The van der Waals surface area contributed by atoms with Gasteiger partial charge in [-0.05, 0) is 36.6 Å². The Labute approximate surface area is 108 Å². The van der Waals surface area contributed by atoms with Crippen LogP contribution in [0.15, 0.2) is 42.5 Å². The number of rotatable bonds is 4. The zero-order valence-electron chi connectivity index (χ0n) is 10.8. The Morgan fingerprint density at radius 2 is 1.72 bits per heavy atom. The third-order valence-electron chi connectivity index (χ3n) is 2.97. The first-order valence-corrected chi connectivity index (χ1v) is 6.23. The number of aromatic nitrogens is 1. The molecule has 0 N–H and O–H groups in total. The van der Waals surface area contributed by atoms with Crippen molar-refractivity contribution in [2.75, 3.05) is 0 Å². The molecule has 0 fully saturated rings. The number of benzene rings is 1. The lowest BCUT2D eigenvalue weighted by Crippen LogP contribution is -2.06. The molecular weight excluding hydrogens is 222 g/mol. The van der Waals surface area contributed by atoms with Crippen LogP contribution in [0.3, 0.4) is 0 Å². The van der Waals surface area contributed by atoms with Crippen molar-refractivity contribution in [2.24, 2.45) is 0 Å². The third kappa shape index (κ3) is 3.04. The highest BCUT2D eigenvalue weighted by Gasteiger charge is 2.08. The number of hydrogen-bond donors (Lipinski definition) is 0. The van der Waals surface area contributed by atoms with Gasteiger partial charge in [0.05, 0.1) is 0 Å².